The van der Waals surface area contributed by atoms with Crippen LogP contribution in [0.1, 0.15) is 84.3 Å². The summed E-state index contributed by atoms with van der Waals surface area (Å²) in [6.07, 6.45) is 4.33. The van der Waals surface area contributed by atoms with E-state index < -0.39 is 35.6 Å². The molecule has 0 fully saturated rings. The lowest BCUT2D eigenvalue weighted by molar-refractivity contribution is -0.154. The third-order valence-electron chi connectivity index (χ3n) is 7.04. The summed E-state index contributed by atoms with van der Waals surface area (Å²) in [6, 6.07) is 0. The first kappa shape index (κ1) is 28.4. The van der Waals surface area contributed by atoms with Gasteiger partial charge < -0.3 is 14.9 Å². The largest absolute Gasteiger partial charge is 0.457 e. The number of carbonyl (C=O) groups is 2. The molecule has 1 aliphatic heterocycles. The Kier molecular flexibility index (Phi) is 10.2. The van der Waals surface area contributed by atoms with Crippen LogP contribution in [0.3, 0.4) is 0 Å². The van der Waals surface area contributed by atoms with Crippen molar-refractivity contribution >= 4 is 29.2 Å². The van der Waals surface area contributed by atoms with Crippen LogP contribution in [0.2, 0.25) is 0 Å². The van der Waals surface area contributed by atoms with Crippen LogP contribution in [-0.2, 0) is 14.3 Å². The summed E-state index contributed by atoms with van der Waals surface area (Å²) in [4.78, 5) is 30.5. The van der Waals surface area contributed by atoms with E-state index in [1.54, 1.807) is 32.1 Å². The minimum absolute atomic E-state index is 0.0444. The molecule has 190 valence electrons. The maximum atomic E-state index is 13.2. The van der Waals surface area contributed by atoms with E-state index in [1.807, 2.05) is 32.2 Å². The van der Waals surface area contributed by atoms with Crippen molar-refractivity contribution in [2.75, 3.05) is 0 Å². The predicted molar refractivity (Wildman–Crippen MR) is 136 cm³/mol. The number of hydrogen-bond donors (Lipinski definition) is 2. The fraction of sp³-hybridized carbons (Fsp3) is 0.667. The number of ketones is 1. The van der Waals surface area contributed by atoms with E-state index >= 15 is 0 Å². The quantitative estimate of drug-likeness (QED) is 0.432. The Morgan fingerprint density at radius 1 is 1.24 bits per heavy atom. The molecule has 1 unspecified atom stereocenters. The number of aromatic nitrogens is 1. The van der Waals surface area contributed by atoms with Crippen LogP contribution in [0.25, 0.3) is 6.08 Å². The predicted octanol–water partition coefficient (Wildman–Crippen LogP) is 5.27. The Hall–Kier alpha value is -1.83. The molecule has 0 spiro atoms. The van der Waals surface area contributed by atoms with Gasteiger partial charge in [-0.25, -0.2) is 4.98 Å². The standard InChI is InChI=1S/C27H41NO5S/c1-16-9-8-10-17(2)25(31)19(4)26(32)27(6,7)23(29)14-24(30)33-22(12-11-16)18(3)13-21-15-34-20(5)28-21/h11,13,15,17,19,22-23,25,29,31H,8-10,12,14H2,1-7H3/b16-11+,18-13+/t17-,19+,22?,23-,25-/m0/s1. The molecule has 2 N–H and O–H groups in total. The van der Waals surface area contributed by atoms with Crippen LogP contribution in [0.5, 0.6) is 0 Å². The maximum Gasteiger partial charge on any atom is 0.309 e. The van der Waals surface area contributed by atoms with Gasteiger partial charge in [-0.2, -0.15) is 0 Å². The molecule has 5 atom stereocenters. The summed E-state index contributed by atoms with van der Waals surface area (Å²) >= 11 is 1.56. The second-order valence-corrected chi connectivity index (χ2v) is 11.5. The third-order valence-corrected chi connectivity index (χ3v) is 7.83. The Morgan fingerprint density at radius 2 is 1.91 bits per heavy atom. The van der Waals surface area contributed by atoms with Crippen molar-refractivity contribution < 1.29 is 24.5 Å². The van der Waals surface area contributed by atoms with Gasteiger partial charge in [-0.1, -0.05) is 39.3 Å². The molecule has 0 radical (unpaired) electrons. The first-order valence-electron chi connectivity index (χ1n) is 12.2. The second-order valence-electron chi connectivity index (χ2n) is 10.4. The number of cyclic esters (lactones) is 1. The van der Waals surface area contributed by atoms with Crippen molar-refractivity contribution in [3.05, 3.63) is 33.3 Å². The normalized spacial score (nSPS) is 32.1. The topological polar surface area (TPSA) is 96.7 Å². The molecule has 0 amide bonds. The van der Waals surface area contributed by atoms with E-state index in [0.717, 1.165) is 35.5 Å². The highest BCUT2D eigenvalue weighted by atomic mass is 32.1. The van der Waals surface area contributed by atoms with Crippen molar-refractivity contribution in [3.8, 4) is 0 Å². The van der Waals surface area contributed by atoms with E-state index in [1.165, 1.54) is 5.57 Å². The average molecular weight is 492 g/mol. The van der Waals surface area contributed by atoms with E-state index in [9.17, 15) is 19.8 Å². The number of esters is 1. The maximum absolute atomic E-state index is 13.2. The molecular weight excluding hydrogens is 450 g/mol. The van der Waals surface area contributed by atoms with Crippen LogP contribution in [0.15, 0.2) is 22.6 Å². The van der Waals surface area contributed by atoms with Gasteiger partial charge in [0.05, 0.1) is 34.7 Å². The molecule has 0 saturated heterocycles. The Bertz CT molecular complexity index is 916. The van der Waals surface area contributed by atoms with Crippen molar-refractivity contribution in [2.45, 2.75) is 98.9 Å². The van der Waals surface area contributed by atoms with Crippen LogP contribution in [-0.4, -0.2) is 45.3 Å². The fourth-order valence-corrected chi connectivity index (χ4v) is 4.97. The molecule has 2 rings (SSSR count). The molecule has 6 nitrogen and oxygen atoms in total. The molecule has 34 heavy (non-hydrogen) atoms. The van der Waals surface area contributed by atoms with Gasteiger partial charge in [0.25, 0.3) is 0 Å². The van der Waals surface area contributed by atoms with Gasteiger partial charge >= 0.3 is 5.97 Å². The monoisotopic (exact) mass is 491 g/mol. The van der Waals surface area contributed by atoms with Crippen LogP contribution in [0.4, 0.5) is 0 Å². The lowest BCUT2D eigenvalue weighted by Gasteiger charge is -2.34. The molecule has 0 aliphatic carbocycles. The summed E-state index contributed by atoms with van der Waals surface area (Å²) in [5.74, 6) is -1.49. The van der Waals surface area contributed by atoms with E-state index in [2.05, 4.69) is 18.0 Å². The zero-order chi connectivity index (χ0) is 25.6. The molecule has 2 heterocycles. The average Bonchev–Trinajstić information content (AvgIpc) is 3.18. The van der Waals surface area contributed by atoms with Crippen LogP contribution < -0.4 is 0 Å². The van der Waals surface area contributed by atoms with Crippen molar-refractivity contribution in [3.63, 3.8) is 0 Å². The first-order chi connectivity index (χ1) is 15.8. The number of ether oxygens (including phenoxy) is 1. The SMILES string of the molecule is C/C1=C\CC(/C(C)=C/c2csc(C)n2)OC(=O)C[C@H](O)C(C)(C)C(=O)[C@H](C)[C@@H](O)[C@@H](C)CCC1. The zero-order valence-electron chi connectivity index (χ0n) is 21.6. The fourth-order valence-electron chi connectivity index (χ4n) is 4.40. The molecule has 1 aromatic heterocycles. The van der Waals surface area contributed by atoms with Gasteiger partial charge in [0.15, 0.2) is 0 Å². The molecule has 1 aromatic rings. The van der Waals surface area contributed by atoms with Crippen molar-refractivity contribution in [1.29, 1.82) is 0 Å². The number of carbonyl (C=O) groups excluding carboxylic acids is 2. The van der Waals surface area contributed by atoms with Gasteiger partial charge in [-0.05, 0) is 57.6 Å². The number of thiazole rings is 1. The minimum Gasteiger partial charge on any atom is -0.457 e. The molecule has 0 bridgehead atoms. The second kappa shape index (κ2) is 12.2. The van der Waals surface area contributed by atoms with Crippen LogP contribution >= 0.6 is 11.3 Å². The van der Waals surface area contributed by atoms with Gasteiger partial charge in [-0.15, -0.1) is 11.3 Å². The highest BCUT2D eigenvalue weighted by molar-refractivity contribution is 7.09. The van der Waals surface area contributed by atoms with Gasteiger partial charge in [-0.3, -0.25) is 9.59 Å². The Morgan fingerprint density at radius 3 is 2.53 bits per heavy atom. The van der Waals surface area contributed by atoms with Crippen molar-refractivity contribution in [1.82, 2.24) is 4.98 Å². The third kappa shape index (κ3) is 7.59. The summed E-state index contributed by atoms with van der Waals surface area (Å²) < 4.78 is 5.81. The Labute approximate surface area is 208 Å². The summed E-state index contributed by atoms with van der Waals surface area (Å²) in [5.41, 5.74) is 1.71. The van der Waals surface area contributed by atoms with E-state index in [0.29, 0.717) is 6.42 Å². The highest BCUT2D eigenvalue weighted by Gasteiger charge is 2.42. The number of aliphatic hydroxyl groups is 2. The molecular formula is C27H41NO5S. The lowest BCUT2D eigenvalue weighted by atomic mass is 9.73. The van der Waals surface area contributed by atoms with Crippen molar-refractivity contribution in [2.24, 2.45) is 17.3 Å². The highest BCUT2D eigenvalue weighted by Crippen LogP contribution is 2.32. The number of rotatable bonds is 2. The molecule has 7 heteroatoms. The summed E-state index contributed by atoms with van der Waals surface area (Å²) in [7, 11) is 0. The number of hydrogen-bond acceptors (Lipinski definition) is 7. The Balaban J connectivity index is 2.33. The molecule has 1 aliphatic rings. The number of aliphatic hydroxyl groups excluding tert-OH is 2. The zero-order valence-corrected chi connectivity index (χ0v) is 22.4. The van der Waals surface area contributed by atoms with E-state index in [4.69, 9.17) is 4.74 Å². The number of Topliss-reactive ketones (excluding diaryl/α,β-unsaturated/α-hetero) is 1. The number of aryl methyl sites for hydroxylation is 1. The van der Waals surface area contributed by atoms with Gasteiger partial charge in [0.1, 0.15) is 11.9 Å². The summed E-state index contributed by atoms with van der Waals surface area (Å²) in [6.45, 7) is 12.8. The molecule has 0 saturated carbocycles. The minimum atomic E-state index is -1.21. The van der Waals surface area contributed by atoms with Crippen LogP contribution in [0, 0.1) is 24.2 Å². The van der Waals surface area contributed by atoms with E-state index in [-0.39, 0.29) is 18.1 Å². The lowest BCUT2D eigenvalue weighted by Crippen LogP contribution is -2.45. The summed E-state index contributed by atoms with van der Waals surface area (Å²) in [5, 5.41) is 24.5. The van der Waals surface area contributed by atoms with Gasteiger partial charge in [0.2, 0.25) is 0 Å². The smallest absolute Gasteiger partial charge is 0.309 e. The first-order valence-corrected chi connectivity index (χ1v) is 13.1. The van der Waals surface area contributed by atoms with Gasteiger partial charge in [0, 0.05) is 17.7 Å². The molecule has 0 aromatic carbocycles. The number of nitrogens with zero attached hydrogens (tertiary/aromatic N) is 1. The number of allylic oxidation sites excluding steroid dienone is 1.